The molecule has 0 saturated carbocycles. The molecule has 0 aliphatic heterocycles. The number of rotatable bonds is 7. The Hall–Kier alpha value is -1.54. The summed E-state index contributed by atoms with van der Waals surface area (Å²) in [4.78, 5) is 11.6. The van der Waals surface area contributed by atoms with Gasteiger partial charge in [-0.3, -0.25) is 4.79 Å². The van der Waals surface area contributed by atoms with Gasteiger partial charge in [-0.25, -0.2) is 13.1 Å². The van der Waals surface area contributed by atoms with Crippen molar-refractivity contribution in [2.75, 3.05) is 6.54 Å². The Morgan fingerprint density at radius 1 is 1.22 bits per heavy atom. The molecular formula is C14H14Cl2N2O4S. The van der Waals surface area contributed by atoms with E-state index in [2.05, 4.69) is 10.0 Å². The molecule has 0 saturated heterocycles. The molecule has 0 fully saturated rings. The monoisotopic (exact) mass is 376 g/mol. The third-order valence-electron chi connectivity index (χ3n) is 2.85. The highest BCUT2D eigenvalue weighted by Crippen LogP contribution is 2.22. The zero-order chi connectivity index (χ0) is 16.9. The van der Waals surface area contributed by atoms with Crippen molar-refractivity contribution < 1.29 is 17.6 Å². The summed E-state index contributed by atoms with van der Waals surface area (Å²) in [6.45, 7) is -0.186. The van der Waals surface area contributed by atoms with E-state index in [0.29, 0.717) is 21.4 Å². The summed E-state index contributed by atoms with van der Waals surface area (Å²) in [5.74, 6) is -0.258. The molecule has 1 aromatic carbocycles. The van der Waals surface area contributed by atoms with Gasteiger partial charge in [0.1, 0.15) is 5.76 Å². The highest BCUT2D eigenvalue weighted by Gasteiger charge is 2.15. The van der Waals surface area contributed by atoms with Crippen molar-refractivity contribution in [3.05, 3.63) is 58.0 Å². The van der Waals surface area contributed by atoms with Crippen LogP contribution >= 0.6 is 23.2 Å². The molecule has 9 heteroatoms. The molecule has 0 aliphatic rings. The molecule has 0 atom stereocenters. The number of benzene rings is 1. The summed E-state index contributed by atoms with van der Waals surface area (Å²) in [6, 6.07) is 7.95. The molecule has 2 N–H and O–H groups in total. The highest BCUT2D eigenvalue weighted by molar-refractivity contribution is 7.88. The second-order valence-corrected chi connectivity index (χ2v) is 7.32. The molecule has 1 heterocycles. The average molecular weight is 377 g/mol. The van der Waals surface area contributed by atoms with Crippen molar-refractivity contribution in [1.29, 1.82) is 0 Å². The van der Waals surface area contributed by atoms with Crippen molar-refractivity contribution in [2.24, 2.45) is 0 Å². The predicted octanol–water partition coefficient (Wildman–Crippen LogP) is 2.32. The number of furan rings is 1. The molecule has 124 valence electrons. The summed E-state index contributed by atoms with van der Waals surface area (Å²) in [5.41, 5.74) is 0.364. The van der Waals surface area contributed by atoms with E-state index in [1.807, 2.05) is 0 Å². The van der Waals surface area contributed by atoms with Crippen LogP contribution in [0.4, 0.5) is 0 Å². The van der Waals surface area contributed by atoms with Crippen LogP contribution in [0.1, 0.15) is 11.3 Å². The first-order chi connectivity index (χ1) is 10.9. The summed E-state index contributed by atoms with van der Waals surface area (Å²) >= 11 is 11.7. The number of nitrogens with one attached hydrogen (secondary N) is 2. The van der Waals surface area contributed by atoms with Gasteiger partial charge in [-0.15, -0.1) is 0 Å². The first-order valence-electron chi connectivity index (χ1n) is 6.56. The van der Waals surface area contributed by atoms with E-state index in [1.54, 1.807) is 18.2 Å². The van der Waals surface area contributed by atoms with E-state index < -0.39 is 15.9 Å². The maximum absolute atomic E-state index is 12.0. The van der Waals surface area contributed by atoms with E-state index in [4.69, 9.17) is 27.6 Å². The van der Waals surface area contributed by atoms with Crippen LogP contribution in [-0.2, 0) is 27.1 Å². The number of carbonyl (C=O) groups excluding carboxylic acids is 1. The lowest BCUT2D eigenvalue weighted by atomic mass is 10.2. The van der Waals surface area contributed by atoms with Crippen LogP contribution in [-0.4, -0.2) is 20.9 Å². The first-order valence-corrected chi connectivity index (χ1v) is 8.97. The maximum atomic E-state index is 12.0. The zero-order valence-electron chi connectivity index (χ0n) is 11.9. The number of sulfonamides is 1. The fourth-order valence-corrected chi connectivity index (χ4v) is 3.31. The lowest BCUT2D eigenvalue weighted by Gasteiger charge is -2.08. The topological polar surface area (TPSA) is 88.4 Å². The molecule has 0 spiro atoms. The van der Waals surface area contributed by atoms with E-state index in [-0.39, 0.29) is 18.8 Å². The van der Waals surface area contributed by atoms with Gasteiger partial charge in [0, 0.05) is 10.0 Å². The molecule has 1 amide bonds. The minimum Gasteiger partial charge on any atom is -0.467 e. The van der Waals surface area contributed by atoms with Crippen LogP contribution in [0, 0.1) is 0 Å². The molecule has 2 rings (SSSR count). The van der Waals surface area contributed by atoms with Crippen LogP contribution in [0.2, 0.25) is 10.0 Å². The summed E-state index contributed by atoms with van der Waals surface area (Å²) in [6.07, 6.45) is 1.49. The van der Waals surface area contributed by atoms with Gasteiger partial charge in [0.25, 0.3) is 0 Å². The van der Waals surface area contributed by atoms with Gasteiger partial charge in [-0.1, -0.05) is 23.2 Å². The second kappa shape index (κ2) is 7.83. The fourth-order valence-electron chi connectivity index (χ4n) is 1.75. The van der Waals surface area contributed by atoms with Gasteiger partial charge in [0.2, 0.25) is 15.9 Å². The molecule has 0 aliphatic carbocycles. The van der Waals surface area contributed by atoms with Crippen LogP contribution in [0.25, 0.3) is 0 Å². The first kappa shape index (κ1) is 17.8. The number of carbonyl (C=O) groups is 1. The minimum absolute atomic E-state index is 0.188. The molecule has 2 aromatic rings. The Balaban J connectivity index is 1.86. The SMILES string of the molecule is O=C(CNS(=O)(=O)Cc1cc(Cl)ccc1Cl)NCc1ccco1. The molecule has 6 nitrogen and oxygen atoms in total. The van der Waals surface area contributed by atoms with Gasteiger partial charge in [0.15, 0.2) is 0 Å². The number of amides is 1. The maximum Gasteiger partial charge on any atom is 0.235 e. The van der Waals surface area contributed by atoms with Crippen LogP contribution in [0.5, 0.6) is 0 Å². The second-order valence-electron chi connectivity index (χ2n) is 4.67. The van der Waals surface area contributed by atoms with Crippen molar-refractivity contribution in [3.63, 3.8) is 0 Å². The van der Waals surface area contributed by atoms with Crippen LogP contribution in [0.15, 0.2) is 41.0 Å². The minimum atomic E-state index is -3.72. The highest BCUT2D eigenvalue weighted by atomic mass is 35.5. The molecular weight excluding hydrogens is 363 g/mol. The lowest BCUT2D eigenvalue weighted by molar-refractivity contribution is -0.120. The van der Waals surface area contributed by atoms with Crippen molar-refractivity contribution >= 4 is 39.1 Å². The molecule has 0 bridgehead atoms. The Bertz CT molecular complexity index is 776. The van der Waals surface area contributed by atoms with E-state index in [0.717, 1.165) is 0 Å². The normalized spacial score (nSPS) is 11.4. The van der Waals surface area contributed by atoms with Gasteiger partial charge in [-0.05, 0) is 35.9 Å². The van der Waals surface area contributed by atoms with Gasteiger partial charge in [0.05, 0.1) is 25.1 Å². The van der Waals surface area contributed by atoms with Crippen molar-refractivity contribution in [2.45, 2.75) is 12.3 Å². The lowest BCUT2D eigenvalue weighted by Crippen LogP contribution is -2.37. The molecule has 23 heavy (non-hydrogen) atoms. The molecule has 0 unspecified atom stereocenters. The fraction of sp³-hybridized carbons (Fsp3) is 0.214. The third kappa shape index (κ3) is 5.87. The molecule has 0 radical (unpaired) electrons. The van der Waals surface area contributed by atoms with E-state index in [9.17, 15) is 13.2 Å². The quantitative estimate of drug-likeness (QED) is 0.775. The zero-order valence-corrected chi connectivity index (χ0v) is 14.2. The Morgan fingerprint density at radius 2 is 2.00 bits per heavy atom. The number of halogens is 2. The largest absolute Gasteiger partial charge is 0.467 e. The predicted molar refractivity (Wildman–Crippen MR) is 87.6 cm³/mol. The Morgan fingerprint density at radius 3 is 2.70 bits per heavy atom. The van der Waals surface area contributed by atoms with E-state index in [1.165, 1.54) is 18.4 Å². The smallest absolute Gasteiger partial charge is 0.235 e. The van der Waals surface area contributed by atoms with Crippen molar-refractivity contribution in [1.82, 2.24) is 10.0 Å². The van der Waals surface area contributed by atoms with Gasteiger partial charge in [-0.2, -0.15) is 0 Å². The van der Waals surface area contributed by atoms with Crippen LogP contribution < -0.4 is 10.0 Å². The molecule has 1 aromatic heterocycles. The number of hydrogen-bond donors (Lipinski definition) is 2. The number of hydrogen-bond acceptors (Lipinski definition) is 4. The summed E-state index contributed by atoms with van der Waals surface area (Å²) < 4.78 is 31.2. The van der Waals surface area contributed by atoms with Crippen molar-refractivity contribution in [3.8, 4) is 0 Å². The Kier molecular flexibility index (Phi) is 6.06. The average Bonchev–Trinajstić information content (AvgIpc) is 3.00. The summed E-state index contributed by atoms with van der Waals surface area (Å²) in [7, 11) is -3.72. The van der Waals surface area contributed by atoms with Crippen LogP contribution in [0.3, 0.4) is 0 Å². The summed E-state index contributed by atoms with van der Waals surface area (Å²) in [5, 5.41) is 3.21. The van der Waals surface area contributed by atoms with Gasteiger partial charge >= 0.3 is 0 Å². The van der Waals surface area contributed by atoms with Gasteiger partial charge < -0.3 is 9.73 Å². The Labute approximate surface area is 143 Å². The van der Waals surface area contributed by atoms with E-state index >= 15 is 0 Å². The standard InChI is InChI=1S/C14H14Cl2N2O4S/c15-11-3-4-13(16)10(6-11)9-23(20,21)18-8-14(19)17-7-12-2-1-5-22-12/h1-6,18H,7-9H2,(H,17,19). The third-order valence-corrected chi connectivity index (χ3v) is 4.72.